The van der Waals surface area contributed by atoms with Crippen molar-refractivity contribution in [2.45, 2.75) is 12.8 Å². The van der Waals surface area contributed by atoms with E-state index in [1.165, 1.54) is 32.5 Å². The third-order valence-corrected chi connectivity index (χ3v) is 2.33. The van der Waals surface area contributed by atoms with Crippen molar-refractivity contribution in [3.8, 4) is 0 Å². The molecule has 0 bridgehead atoms. The molecule has 0 atom stereocenters. The number of likely N-dealkylation sites (tertiary alicyclic amines) is 1. The van der Waals surface area contributed by atoms with Gasteiger partial charge in [-0.3, -0.25) is 0 Å². The predicted molar refractivity (Wildman–Crippen MR) is 53.5 cm³/mol. The summed E-state index contributed by atoms with van der Waals surface area (Å²) in [6.45, 7) is 5.70. The Morgan fingerprint density at radius 3 is 2.75 bits per heavy atom. The van der Waals surface area contributed by atoms with Crippen LogP contribution in [0.2, 0.25) is 0 Å². The SMILES string of the molecule is Cl/C=C/CNCCN1CCCC1. The number of hydrogen-bond donors (Lipinski definition) is 1. The van der Waals surface area contributed by atoms with Crippen LogP contribution in [0, 0.1) is 0 Å². The van der Waals surface area contributed by atoms with Crippen molar-refractivity contribution in [3.63, 3.8) is 0 Å². The van der Waals surface area contributed by atoms with Crippen molar-refractivity contribution in [1.29, 1.82) is 0 Å². The van der Waals surface area contributed by atoms with Crippen LogP contribution in [0.5, 0.6) is 0 Å². The minimum atomic E-state index is 0.886. The second-order valence-corrected chi connectivity index (χ2v) is 3.37. The van der Waals surface area contributed by atoms with Crippen molar-refractivity contribution < 1.29 is 0 Å². The average Bonchev–Trinajstić information content (AvgIpc) is 2.57. The molecule has 0 aromatic rings. The molecule has 1 heterocycles. The highest BCUT2D eigenvalue weighted by Crippen LogP contribution is 2.05. The second-order valence-electron chi connectivity index (χ2n) is 3.11. The van der Waals surface area contributed by atoms with Crippen LogP contribution in [0.15, 0.2) is 11.6 Å². The molecule has 1 saturated heterocycles. The van der Waals surface area contributed by atoms with Crippen LogP contribution in [-0.4, -0.2) is 37.6 Å². The van der Waals surface area contributed by atoms with Crippen LogP contribution < -0.4 is 5.32 Å². The van der Waals surface area contributed by atoms with Gasteiger partial charge < -0.3 is 10.2 Å². The average molecular weight is 189 g/mol. The zero-order chi connectivity index (χ0) is 8.65. The van der Waals surface area contributed by atoms with Crippen LogP contribution in [0.25, 0.3) is 0 Å². The molecule has 0 unspecified atom stereocenters. The fourth-order valence-electron chi connectivity index (χ4n) is 1.47. The number of hydrogen-bond acceptors (Lipinski definition) is 2. The Morgan fingerprint density at radius 2 is 2.08 bits per heavy atom. The monoisotopic (exact) mass is 188 g/mol. The van der Waals surface area contributed by atoms with Crippen LogP contribution in [-0.2, 0) is 0 Å². The number of rotatable bonds is 5. The molecule has 3 heteroatoms. The van der Waals surface area contributed by atoms with Gasteiger partial charge in [0.2, 0.25) is 0 Å². The van der Waals surface area contributed by atoms with E-state index in [9.17, 15) is 0 Å². The lowest BCUT2D eigenvalue weighted by Crippen LogP contribution is -2.29. The summed E-state index contributed by atoms with van der Waals surface area (Å²) in [6.07, 6.45) is 4.68. The van der Waals surface area contributed by atoms with Crippen LogP contribution in [0.3, 0.4) is 0 Å². The third-order valence-electron chi connectivity index (χ3n) is 2.15. The van der Waals surface area contributed by atoms with E-state index in [2.05, 4.69) is 10.2 Å². The standard InChI is InChI=1S/C9H17ClN2/c10-4-3-5-11-6-9-12-7-1-2-8-12/h3-4,11H,1-2,5-9H2/b4-3+. The Morgan fingerprint density at radius 1 is 1.33 bits per heavy atom. The molecule has 1 aliphatic heterocycles. The van der Waals surface area contributed by atoms with Crippen LogP contribution >= 0.6 is 11.6 Å². The van der Waals surface area contributed by atoms with E-state index < -0.39 is 0 Å². The predicted octanol–water partition coefficient (Wildman–Crippen LogP) is 1.42. The molecule has 0 aromatic carbocycles. The zero-order valence-electron chi connectivity index (χ0n) is 7.43. The van der Waals surface area contributed by atoms with Crippen molar-refractivity contribution in [1.82, 2.24) is 10.2 Å². The van der Waals surface area contributed by atoms with Gasteiger partial charge in [-0.1, -0.05) is 17.7 Å². The fraction of sp³-hybridized carbons (Fsp3) is 0.778. The topological polar surface area (TPSA) is 15.3 Å². The van der Waals surface area contributed by atoms with Gasteiger partial charge in [0.25, 0.3) is 0 Å². The first-order valence-corrected chi connectivity index (χ1v) is 5.05. The highest BCUT2D eigenvalue weighted by Gasteiger charge is 2.09. The first kappa shape index (κ1) is 10.0. The third kappa shape index (κ3) is 4.10. The molecule has 0 aromatic heterocycles. The van der Waals surface area contributed by atoms with Gasteiger partial charge in [-0.05, 0) is 25.9 Å². The number of nitrogens with zero attached hydrogens (tertiary/aromatic N) is 1. The minimum Gasteiger partial charge on any atom is -0.312 e. The Balaban J connectivity index is 1.87. The van der Waals surface area contributed by atoms with E-state index in [0.717, 1.165) is 13.1 Å². The van der Waals surface area contributed by atoms with Crippen molar-refractivity contribution >= 4 is 11.6 Å². The van der Waals surface area contributed by atoms with Crippen LogP contribution in [0.1, 0.15) is 12.8 Å². The molecule has 1 aliphatic rings. The maximum Gasteiger partial charge on any atom is 0.0147 e. The molecule has 1 rings (SSSR count). The van der Waals surface area contributed by atoms with E-state index in [1.54, 1.807) is 5.54 Å². The van der Waals surface area contributed by atoms with E-state index in [1.807, 2.05) is 6.08 Å². The van der Waals surface area contributed by atoms with Gasteiger partial charge in [0.15, 0.2) is 0 Å². The molecule has 0 amide bonds. The molecular weight excluding hydrogens is 172 g/mol. The first-order valence-electron chi connectivity index (χ1n) is 4.62. The highest BCUT2D eigenvalue weighted by molar-refractivity contribution is 6.25. The summed E-state index contributed by atoms with van der Waals surface area (Å²) in [5, 5.41) is 3.30. The summed E-state index contributed by atoms with van der Waals surface area (Å²) in [7, 11) is 0. The molecule has 1 fully saturated rings. The number of nitrogens with one attached hydrogen (secondary N) is 1. The van der Waals surface area contributed by atoms with Crippen molar-refractivity contribution in [2.24, 2.45) is 0 Å². The van der Waals surface area contributed by atoms with Gasteiger partial charge >= 0.3 is 0 Å². The molecule has 0 aliphatic carbocycles. The Hall–Kier alpha value is -0.0500. The Bertz CT molecular complexity index is 130. The van der Waals surface area contributed by atoms with Gasteiger partial charge in [-0.15, -0.1) is 0 Å². The summed E-state index contributed by atoms with van der Waals surface area (Å²) < 4.78 is 0. The quantitative estimate of drug-likeness (QED) is 0.657. The van der Waals surface area contributed by atoms with E-state index in [0.29, 0.717) is 0 Å². The molecule has 0 radical (unpaired) electrons. The highest BCUT2D eigenvalue weighted by atomic mass is 35.5. The molecule has 2 nitrogen and oxygen atoms in total. The van der Waals surface area contributed by atoms with Crippen LogP contribution in [0.4, 0.5) is 0 Å². The summed E-state index contributed by atoms with van der Waals surface area (Å²) in [5.41, 5.74) is 1.56. The van der Waals surface area contributed by atoms with Crippen molar-refractivity contribution in [2.75, 3.05) is 32.7 Å². The maximum absolute atomic E-state index is 5.38. The zero-order valence-corrected chi connectivity index (χ0v) is 8.19. The summed E-state index contributed by atoms with van der Waals surface area (Å²) >= 11 is 5.38. The van der Waals surface area contributed by atoms with Gasteiger partial charge in [-0.25, -0.2) is 0 Å². The van der Waals surface area contributed by atoms with E-state index in [4.69, 9.17) is 11.6 Å². The molecule has 0 spiro atoms. The number of halogens is 1. The normalized spacial score (nSPS) is 19.4. The van der Waals surface area contributed by atoms with Gasteiger partial charge in [-0.2, -0.15) is 0 Å². The summed E-state index contributed by atoms with van der Waals surface area (Å²) in [6, 6.07) is 0. The second kappa shape index (κ2) is 6.46. The minimum absolute atomic E-state index is 0.886. The van der Waals surface area contributed by atoms with Gasteiger partial charge in [0.05, 0.1) is 0 Å². The molecule has 0 saturated carbocycles. The summed E-state index contributed by atoms with van der Waals surface area (Å²) in [5.74, 6) is 0. The maximum atomic E-state index is 5.38. The lowest BCUT2D eigenvalue weighted by molar-refractivity contribution is 0.338. The molecule has 1 N–H and O–H groups in total. The summed E-state index contributed by atoms with van der Waals surface area (Å²) in [4.78, 5) is 2.50. The Kier molecular flexibility index (Phi) is 5.41. The van der Waals surface area contributed by atoms with E-state index >= 15 is 0 Å². The fourth-order valence-corrected chi connectivity index (χ4v) is 1.56. The molecule has 70 valence electrons. The van der Waals surface area contributed by atoms with Gasteiger partial charge in [0, 0.05) is 25.2 Å². The lowest BCUT2D eigenvalue weighted by atomic mass is 10.4. The smallest absolute Gasteiger partial charge is 0.0147 e. The first-order chi connectivity index (χ1) is 5.93. The van der Waals surface area contributed by atoms with Crippen molar-refractivity contribution in [3.05, 3.63) is 11.6 Å². The molecule has 12 heavy (non-hydrogen) atoms. The van der Waals surface area contributed by atoms with E-state index in [-0.39, 0.29) is 0 Å². The van der Waals surface area contributed by atoms with Gasteiger partial charge in [0.1, 0.15) is 0 Å². The molecular formula is C9H17ClN2. The Labute approximate surface area is 79.6 Å². The lowest BCUT2D eigenvalue weighted by Gasteiger charge is -2.13. The largest absolute Gasteiger partial charge is 0.312 e.